The van der Waals surface area contributed by atoms with Gasteiger partial charge in [-0.05, 0) is 48.5 Å². The van der Waals surface area contributed by atoms with E-state index in [1.807, 2.05) is 12.1 Å². The second-order valence-electron chi connectivity index (χ2n) is 6.65. The van der Waals surface area contributed by atoms with E-state index in [1.165, 1.54) is 4.31 Å². The first-order valence-electron chi connectivity index (χ1n) is 8.98. The van der Waals surface area contributed by atoms with Crippen molar-refractivity contribution in [2.24, 2.45) is 0 Å². The van der Waals surface area contributed by atoms with Crippen LogP contribution in [0.5, 0.6) is 0 Å². The van der Waals surface area contributed by atoms with Crippen molar-refractivity contribution < 1.29 is 12.9 Å². The lowest BCUT2D eigenvalue weighted by molar-refractivity contribution is 0.163. The summed E-state index contributed by atoms with van der Waals surface area (Å²) < 4.78 is 33.3. The number of piperazine rings is 1. The van der Waals surface area contributed by atoms with Crippen LogP contribution in [-0.4, -0.2) is 53.9 Å². The number of aromatic nitrogens is 2. The third-order valence-corrected chi connectivity index (χ3v) is 7.41. The minimum Gasteiger partial charge on any atom is -0.338 e. The molecule has 2 heterocycles. The largest absolute Gasteiger partial charge is 0.338 e. The van der Waals surface area contributed by atoms with Gasteiger partial charge in [-0.1, -0.05) is 32.7 Å². The van der Waals surface area contributed by atoms with E-state index in [2.05, 4.69) is 31.0 Å². The first kappa shape index (κ1) is 20.5. The summed E-state index contributed by atoms with van der Waals surface area (Å²) in [7, 11) is -3.49. The van der Waals surface area contributed by atoms with Crippen LogP contribution >= 0.6 is 27.5 Å². The van der Waals surface area contributed by atoms with Gasteiger partial charge in [0.2, 0.25) is 21.7 Å². The van der Waals surface area contributed by atoms with Gasteiger partial charge in [-0.25, -0.2) is 8.42 Å². The molecule has 29 heavy (non-hydrogen) atoms. The third kappa shape index (κ3) is 4.70. The highest BCUT2D eigenvalue weighted by Gasteiger charge is 2.29. The molecule has 0 amide bonds. The number of nitrogens with zero attached hydrogens (tertiary/aromatic N) is 4. The summed E-state index contributed by atoms with van der Waals surface area (Å²) >= 11 is 9.23. The molecule has 1 saturated heterocycles. The molecule has 0 spiro atoms. The maximum atomic E-state index is 12.8. The molecule has 0 atom stereocenters. The summed E-state index contributed by atoms with van der Waals surface area (Å²) in [5.41, 5.74) is 0.829. The first-order chi connectivity index (χ1) is 13.9. The minimum atomic E-state index is -3.49. The molecular formula is C19H18BrClN4O3S. The molecule has 1 aromatic heterocycles. The number of sulfonamides is 1. The number of rotatable bonds is 5. The molecule has 0 aliphatic carbocycles. The lowest BCUT2D eigenvalue weighted by atomic mass is 10.2. The Morgan fingerprint density at radius 3 is 2.31 bits per heavy atom. The maximum Gasteiger partial charge on any atom is 0.243 e. The fourth-order valence-electron chi connectivity index (χ4n) is 3.11. The molecule has 0 unspecified atom stereocenters. The van der Waals surface area contributed by atoms with Crippen molar-refractivity contribution in [3.8, 4) is 11.4 Å². The van der Waals surface area contributed by atoms with Crippen molar-refractivity contribution in [2.75, 3.05) is 26.2 Å². The Balaban J connectivity index is 1.37. The van der Waals surface area contributed by atoms with Crippen molar-refractivity contribution in [1.82, 2.24) is 19.3 Å². The van der Waals surface area contributed by atoms with Crippen LogP contribution in [0.3, 0.4) is 0 Å². The van der Waals surface area contributed by atoms with Gasteiger partial charge in [0.05, 0.1) is 11.4 Å². The summed E-state index contributed by atoms with van der Waals surface area (Å²) in [4.78, 5) is 6.84. The average Bonchev–Trinajstić information content (AvgIpc) is 3.18. The second kappa shape index (κ2) is 8.53. The lowest BCUT2D eigenvalue weighted by Gasteiger charge is -2.33. The highest BCUT2D eigenvalue weighted by molar-refractivity contribution is 9.10. The van der Waals surface area contributed by atoms with Gasteiger partial charge < -0.3 is 4.52 Å². The van der Waals surface area contributed by atoms with Gasteiger partial charge in [-0.3, -0.25) is 4.90 Å². The van der Waals surface area contributed by atoms with E-state index in [9.17, 15) is 8.42 Å². The zero-order valence-corrected chi connectivity index (χ0v) is 18.5. The molecule has 3 aromatic rings. The van der Waals surface area contributed by atoms with Gasteiger partial charge in [-0.15, -0.1) is 0 Å². The van der Waals surface area contributed by atoms with Gasteiger partial charge in [0.15, 0.2) is 0 Å². The Kier molecular flexibility index (Phi) is 6.03. The van der Waals surface area contributed by atoms with Crippen molar-refractivity contribution in [3.63, 3.8) is 0 Å². The molecule has 152 valence electrons. The fourth-order valence-corrected chi connectivity index (χ4v) is 4.92. The van der Waals surface area contributed by atoms with Crippen LogP contribution in [0.1, 0.15) is 5.89 Å². The number of halogens is 2. The van der Waals surface area contributed by atoms with Crippen LogP contribution in [0.2, 0.25) is 5.02 Å². The van der Waals surface area contributed by atoms with Crippen LogP contribution in [0, 0.1) is 0 Å². The van der Waals surface area contributed by atoms with Crippen molar-refractivity contribution >= 4 is 37.6 Å². The topological polar surface area (TPSA) is 79.5 Å². The van der Waals surface area contributed by atoms with Gasteiger partial charge in [0, 0.05) is 41.2 Å². The predicted octanol–water partition coefficient (Wildman–Crippen LogP) is 3.66. The molecule has 1 aliphatic rings. The van der Waals surface area contributed by atoms with Crippen LogP contribution < -0.4 is 0 Å². The highest BCUT2D eigenvalue weighted by Crippen LogP contribution is 2.22. The predicted molar refractivity (Wildman–Crippen MR) is 113 cm³/mol. The van der Waals surface area contributed by atoms with E-state index in [0.29, 0.717) is 54.4 Å². The Bertz CT molecular complexity index is 1080. The summed E-state index contributed by atoms with van der Waals surface area (Å²) in [6, 6.07) is 13.9. The van der Waals surface area contributed by atoms with E-state index in [1.54, 1.807) is 36.4 Å². The monoisotopic (exact) mass is 496 g/mol. The van der Waals surface area contributed by atoms with Crippen LogP contribution in [-0.2, 0) is 16.6 Å². The third-order valence-electron chi connectivity index (χ3n) is 4.71. The Morgan fingerprint density at radius 2 is 1.66 bits per heavy atom. The molecule has 1 aliphatic heterocycles. The SMILES string of the molecule is O=S(=O)(c1ccc(Br)cc1)N1CCN(Cc2nc(-c3ccc(Cl)cc3)no2)CC1. The van der Waals surface area contributed by atoms with Crippen molar-refractivity contribution in [3.05, 3.63) is 63.9 Å². The molecule has 0 saturated carbocycles. The fraction of sp³-hybridized carbons (Fsp3) is 0.263. The smallest absolute Gasteiger partial charge is 0.243 e. The summed E-state index contributed by atoms with van der Waals surface area (Å²) in [6.07, 6.45) is 0. The number of hydrogen-bond acceptors (Lipinski definition) is 6. The molecule has 4 rings (SSSR count). The van der Waals surface area contributed by atoms with Crippen LogP contribution in [0.25, 0.3) is 11.4 Å². The summed E-state index contributed by atoms with van der Waals surface area (Å²) in [6.45, 7) is 2.49. The molecule has 10 heteroatoms. The summed E-state index contributed by atoms with van der Waals surface area (Å²) in [5, 5.41) is 4.66. The molecule has 2 aromatic carbocycles. The number of benzene rings is 2. The Morgan fingerprint density at radius 1 is 1.00 bits per heavy atom. The van der Waals surface area contributed by atoms with Crippen LogP contribution in [0.4, 0.5) is 0 Å². The van der Waals surface area contributed by atoms with E-state index in [0.717, 1.165) is 10.0 Å². The Labute approximate surface area is 182 Å². The zero-order chi connectivity index (χ0) is 20.4. The second-order valence-corrected chi connectivity index (χ2v) is 9.94. The maximum absolute atomic E-state index is 12.8. The van der Waals surface area contributed by atoms with E-state index >= 15 is 0 Å². The minimum absolute atomic E-state index is 0.304. The molecule has 7 nitrogen and oxygen atoms in total. The molecule has 1 fully saturated rings. The van der Waals surface area contributed by atoms with Gasteiger partial charge in [0.25, 0.3) is 0 Å². The first-order valence-corrected chi connectivity index (χ1v) is 11.6. The standard InChI is InChI=1S/C19H18BrClN4O3S/c20-15-3-7-17(8-4-15)29(26,27)25-11-9-24(10-12-25)13-18-22-19(23-28-18)14-1-5-16(21)6-2-14/h1-8H,9-13H2. The zero-order valence-electron chi connectivity index (χ0n) is 15.3. The molecule has 0 N–H and O–H groups in total. The number of hydrogen-bond donors (Lipinski definition) is 0. The van der Waals surface area contributed by atoms with E-state index < -0.39 is 10.0 Å². The van der Waals surface area contributed by atoms with E-state index in [4.69, 9.17) is 16.1 Å². The van der Waals surface area contributed by atoms with Crippen molar-refractivity contribution in [2.45, 2.75) is 11.4 Å². The van der Waals surface area contributed by atoms with Gasteiger partial charge in [-0.2, -0.15) is 9.29 Å². The summed E-state index contributed by atoms with van der Waals surface area (Å²) in [5.74, 6) is 1.01. The highest BCUT2D eigenvalue weighted by atomic mass is 79.9. The van der Waals surface area contributed by atoms with Crippen molar-refractivity contribution in [1.29, 1.82) is 0 Å². The van der Waals surface area contributed by atoms with Gasteiger partial charge >= 0.3 is 0 Å². The average molecular weight is 498 g/mol. The Hall–Kier alpha value is -1.78. The quantitative estimate of drug-likeness (QED) is 0.535. The molecule has 0 bridgehead atoms. The lowest BCUT2D eigenvalue weighted by Crippen LogP contribution is -2.48. The van der Waals surface area contributed by atoms with Gasteiger partial charge in [0.1, 0.15) is 0 Å². The molecular weight excluding hydrogens is 480 g/mol. The normalized spacial score (nSPS) is 16.2. The van der Waals surface area contributed by atoms with Crippen LogP contribution in [0.15, 0.2) is 62.4 Å². The molecule has 0 radical (unpaired) electrons. The van der Waals surface area contributed by atoms with E-state index in [-0.39, 0.29) is 0 Å².